The van der Waals surface area contributed by atoms with Crippen LogP contribution in [0.2, 0.25) is 0 Å². The van der Waals surface area contributed by atoms with E-state index < -0.39 is 0 Å². The molecule has 0 amide bonds. The summed E-state index contributed by atoms with van der Waals surface area (Å²) in [6.45, 7) is 14.2. The molecule has 0 saturated heterocycles. The van der Waals surface area contributed by atoms with Gasteiger partial charge >= 0.3 is 0 Å². The third-order valence-electron chi connectivity index (χ3n) is 3.94. The van der Waals surface area contributed by atoms with E-state index in [1.807, 2.05) is 0 Å². The molecular formula is C21H40N2O3. The average Bonchev–Trinajstić information content (AvgIpc) is 2.50. The van der Waals surface area contributed by atoms with Crippen LogP contribution in [0.5, 0.6) is 0 Å². The smallest absolute Gasteiger partial charge is 0.133 e. The Labute approximate surface area is 160 Å². The number of hydrogen-bond donors (Lipinski definition) is 2. The molecule has 0 fully saturated rings. The van der Waals surface area contributed by atoms with Gasteiger partial charge in [0.1, 0.15) is 17.3 Å². The number of carbonyl (C=O) groups excluding carboxylic acids is 3. The lowest BCUT2D eigenvalue weighted by Crippen LogP contribution is -2.36. The Bertz CT molecular complexity index is 405. The fraction of sp³-hybridized carbons (Fsp3) is 0.857. The molecule has 0 saturated carbocycles. The summed E-state index contributed by atoms with van der Waals surface area (Å²) in [5.41, 5.74) is 0.128. The first kappa shape index (κ1) is 24.9. The first-order chi connectivity index (χ1) is 11.9. The van der Waals surface area contributed by atoms with Crippen molar-refractivity contribution in [3.63, 3.8) is 0 Å². The molecule has 0 radical (unpaired) electrons. The van der Waals surface area contributed by atoms with Crippen LogP contribution in [0, 0.1) is 0 Å². The van der Waals surface area contributed by atoms with Crippen molar-refractivity contribution in [1.29, 1.82) is 0 Å². The summed E-state index contributed by atoms with van der Waals surface area (Å²) in [4.78, 5) is 35.5. The van der Waals surface area contributed by atoms with Crippen molar-refractivity contribution in [2.75, 3.05) is 13.1 Å². The monoisotopic (exact) mass is 368 g/mol. The Hall–Kier alpha value is -1.07. The minimum atomic E-state index is 0.0207. The highest BCUT2D eigenvalue weighted by Gasteiger charge is 2.12. The summed E-state index contributed by atoms with van der Waals surface area (Å²) in [6.07, 6.45) is 3.76. The third-order valence-corrected chi connectivity index (χ3v) is 3.94. The maximum atomic E-state index is 11.8. The second kappa shape index (κ2) is 12.3. The second-order valence-corrected chi connectivity index (χ2v) is 9.18. The fourth-order valence-corrected chi connectivity index (χ4v) is 2.43. The molecule has 0 spiro atoms. The zero-order valence-electron chi connectivity index (χ0n) is 17.8. The molecule has 2 N–H and O–H groups in total. The van der Waals surface area contributed by atoms with Crippen molar-refractivity contribution >= 4 is 17.3 Å². The maximum absolute atomic E-state index is 11.8. The van der Waals surface area contributed by atoms with Gasteiger partial charge in [0.25, 0.3) is 0 Å². The Kier molecular flexibility index (Phi) is 11.8. The molecule has 26 heavy (non-hydrogen) atoms. The Morgan fingerprint density at radius 1 is 0.538 bits per heavy atom. The van der Waals surface area contributed by atoms with Gasteiger partial charge < -0.3 is 10.6 Å². The Balaban J connectivity index is 3.69. The second-order valence-electron chi connectivity index (χ2n) is 9.18. The molecular weight excluding hydrogens is 328 g/mol. The third kappa shape index (κ3) is 17.7. The molecule has 0 aromatic carbocycles. The minimum absolute atomic E-state index is 0.0207. The largest absolute Gasteiger partial charge is 0.312 e. The Morgan fingerprint density at radius 3 is 1.08 bits per heavy atom. The predicted molar refractivity (Wildman–Crippen MR) is 107 cm³/mol. The maximum Gasteiger partial charge on any atom is 0.133 e. The van der Waals surface area contributed by atoms with Gasteiger partial charge in [-0.1, -0.05) is 0 Å². The van der Waals surface area contributed by atoms with Gasteiger partial charge in [-0.2, -0.15) is 0 Å². The lowest BCUT2D eigenvalue weighted by atomic mass is 10.0. The zero-order valence-corrected chi connectivity index (χ0v) is 17.8. The molecule has 5 nitrogen and oxygen atoms in total. The van der Waals surface area contributed by atoms with Gasteiger partial charge in [0.2, 0.25) is 0 Å². The van der Waals surface area contributed by atoms with Gasteiger partial charge in [-0.15, -0.1) is 0 Å². The summed E-state index contributed by atoms with van der Waals surface area (Å²) in [7, 11) is 0. The number of Topliss-reactive ketones (excluding diaryl/α,β-unsaturated/α-hetero) is 3. The van der Waals surface area contributed by atoms with Gasteiger partial charge in [-0.25, -0.2) is 0 Å². The molecule has 0 aliphatic heterocycles. The van der Waals surface area contributed by atoms with E-state index in [4.69, 9.17) is 0 Å². The Morgan fingerprint density at radius 2 is 0.808 bits per heavy atom. The van der Waals surface area contributed by atoms with Crippen molar-refractivity contribution in [3.8, 4) is 0 Å². The van der Waals surface area contributed by atoms with Crippen LogP contribution in [0.4, 0.5) is 0 Å². The first-order valence-electron chi connectivity index (χ1n) is 9.94. The van der Waals surface area contributed by atoms with Gasteiger partial charge in [-0.05, 0) is 67.5 Å². The van der Waals surface area contributed by atoms with Crippen LogP contribution in [0.25, 0.3) is 0 Å². The molecule has 0 atom stereocenters. The molecule has 5 heteroatoms. The van der Waals surface area contributed by atoms with Crippen LogP contribution in [-0.2, 0) is 14.4 Å². The fourth-order valence-electron chi connectivity index (χ4n) is 2.43. The highest BCUT2D eigenvalue weighted by Crippen LogP contribution is 2.07. The van der Waals surface area contributed by atoms with E-state index in [0.29, 0.717) is 25.7 Å². The highest BCUT2D eigenvalue weighted by molar-refractivity contribution is 5.89. The van der Waals surface area contributed by atoms with Gasteiger partial charge in [0.15, 0.2) is 0 Å². The van der Waals surface area contributed by atoms with Crippen LogP contribution in [0.1, 0.15) is 92.9 Å². The van der Waals surface area contributed by atoms with Crippen molar-refractivity contribution in [1.82, 2.24) is 10.6 Å². The number of rotatable bonds is 14. The standard InChI is InChI=1S/C21H40N2O3/c1-20(2,3)22-15-7-9-17(24)11-13-19(26)14-12-18(25)10-8-16-23-21(4,5)6/h22-23H,7-16H2,1-6H3. The summed E-state index contributed by atoms with van der Waals surface area (Å²) in [5, 5.41) is 6.69. The molecule has 0 heterocycles. The average molecular weight is 369 g/mol. The van der Waals surface area contributed by atoms with E-state index in [1.54, 1.807) is 0 Å². The normalized spacial score (nSPS) is 12.2. The predicted octanol–water partition coefficient (Wildman–Crippen LogP) is 3.59. The minimum Gasteiger partial charge on any atom is -0.312 e. The topological polar surface area (TPSA) is 75.3 Å². The van der Waals surface area contributed by atoms with Gasteiger partial charge in [-0.3, -0.25) is 14.4 Å². The van der Waals surface area contributed by atoms with Gasteiger partial charge in [0, 0.05) is 49.6 Å². The van der Waals surface area contributed by atoms with Crippen molar-refractivity contribution in [3.05, 3.63) is 0 Å². The van der Waals surface area contributed by atoms with E-state index in [2.05, 4.69) is 52.2 Å². The molecule has 0 aromatic heterocycles. The molecule has 0 bridgehead atoms. The molecule has 0 aliphatic rings. The van der Waals surface area contributed by atoms with Crippen LogP contribution >= 0.6 is 0 Å². The molecule has 0 unspecified atom stereocenters. The summed E-state index contributed by atoms with van der Waals surface area (Å²) in [5.74, 6) is 0.287. The zero-order chi connectivity index (χ0) is 20.2. The number of nitrogens with one attached hydrogen (secondary N) is 2. The van der Waals surface area contributed by atoms with Crippen LogP contribution < -0.4 is 10.6 Å². The van der Waals surface area contributed by atoms with Crippen LogP contribution in [-0.4, -0.2) is 41.5 Å². The van der Waals surface area contributed by atoms with Crippen LogP contribution in [0.15, 0.2) is 0 Å². The summed E-state index contributed by atoms with van der Waals surface area (Å²) in [6, 6.07) is 0. The van der Waals surface area contributed by atoms with E-state index in [-0.39, 0.29) is 41.3 Å². The van der Waals surface area contributed by atoms with Crippen molar-refractivity contribution < 1.29 is 14.4 Å². The van der Waals surface area contributed by atoms with E-state index in [1.165, 1.54) is 0 Å². The quantitative estimate of drug-likeness (QED) is 0.458. The van der Waals surface area contributed by atoms with E-state index in [9.17, 15) is 14.4 Å². The summed E-state index contributed by atoms with van der Waals surface area (Å²) < 4.78 is 0. The highest BCUT2D eigenvalue weighted by atomic mass is 16.1. The molecule has 0 rings (SSSR count). The van der Waals surface area contributed by atoms with E-state index in [0.717, 1.165) is 25.9 Å². The van der Waals surface area contributed by atoms with Crippen LogP contribution in [0.3, 0.4) is 0 Å². The number of hydrogen-bond acceptors (Lipinski definition) is 5. The van der Waals surface area contributed by atoms with Gasteiger partial charge in [0.05, 0.1) is 0 Å². The van der Waals surface area contributed by atoms with Crippen molar-refractivity contribution in [2.24, 2.45) is 0 Å². The SMILES string of the molecule is CC(C)(C)NCCCC(=O)CCC(=O)CCC(=O)CCCNC(C)(C)C. The molecule has 0 aliphatic carbocycles. The van der Waals surface area contributed by atoms with E-state index >= 15 is 0 Å². The number of ketones is 3. The first-order valence-corrected chi connectivity index (χ1v) is 9.94. The molecule has 0 aromatic rings. The number of carbonyl (C=O) groups is 3. The summed E-state index contributed by atoms with van der Waals surface area (Å²) >= 11 is 0. The lowest BCUT2D eigenvalue weighted by Gasteiger charge is -2.20. The van der Waals surface area contributed by atoms with Crippen molar-refractivity contribution in [2.45, 2.75) is 104 Å². The molecule has 152 valence electrons. The lowest BCUT2D eigenvalue weighted by molar-refractivity contribution is -0.126.